The van der Waals surface area contributed by atoms with Crippen molar-refractivity contribution in [3.05, 3.63) is 24.8 Å². The Bertz CT molecular complexity index is 333. The molecular formula is C6H7N5. The number of nitrogens with one attached hydrogen (secondary N) is 1. The van der Waals surface area contributed by atoms with Crippen LogP contribution in [0.1, 0.15) is 0 Å². The standard InChI is InChI=1S/C6H7N5/c7-5-1-10-11(4-5)6-2-8-9-3-6/h1-4H,7H2,(H,8,9). The van der Waals surface area contributed by atoms with Crippen LogP contribution in [0.4, 0.5) is 5.69 Å². The molecule has 0 aromatic carbocycles. The number of hydrogen-bond donors (Lipinski definition) is 2. The van der Waals surface area contributed by atoms with Crippen LogP contribution in [-0.4, -0.2) is 20.0 Å². The highest BCUT2D eigenvalue weighted by Gasteiger charge is 1.97. The van der Waals surface area contributed by atoms with Gasteiger partial charge < -0.3 is 5.73 Å². The molecule has 0 radical (unpaired) electrons. The Morgan fingerprint density at radius 1 is 1.45 bits per heavy atom. The average Bonchev–Trinajstić information content (AvgIpc) is 2.55. The second-order valence-corrected chi connectivity index (χ2v) is 2.17. The van der Waals surface area contributed by atoms with Gasteiger partial charge >= 0.3 is 0 Å². The largest absolute Gasteiger partial charge is 0.396 e. The van der Waals surface area contributed by atoms with Crippen LogP contribution in [-0.2, 0) is 0 Å². The highest BCUT2D eigenvalue weighted by molar-refractivity contribution is 5.35. The van der Waals surface area contributed by atoms with Gasteiger partial charge in [-0.2, -0.15) is 10.2 Å². The molecule has 0 unspecified atom stereocenters. The van der Waals surface area contributed by atoms with Crippen LogP contribution in [0.2, 0.25) is 0 Å². The van der Waals surface area contributed by atoms with Crippen LogP contribution in [0.15, 0.2) is 24.8 Å². The maximum atomic E-state index is 5.47. The minimum Gasteiger partial charge on any atom is -0.396 e. The lowest BCUT2D eigenvalue weighted by Gasteiger charge is -1.91. The molecule has 2 aromatic heterocycles. The molecule has 11 heavy (non-hydrogen) atoms. The van der Waals surface area contributed by atoms with Crippen molar-refractivity contribution in [3.8, 4) is 5.69 Å². The highest BCUT2D eigenvalue weighted by Crippen LogP contribution is 2.05. The molecule has 0 aliphatic rings. The van der Waals surface area contributed by atoms with Gasteiger partial charge in [0.2, 0.25) is 0 Å². The van der Waals surface area contributed by atoms with Crippen LogP contribution in [0.5, 0.6) is 0 Å². The number of nitrogens with two attached hydrogens (primary N) is 1. The lowest BCUT2D eigenvalue weighted by molar-refractivity contribution is 0.881. The highest BCUT2D eigenvalue weighted by atomic mass is 15.3. The van der Waals surface area contributed by atoms with Crippen molar-refractivity contribution >= 4 is 5.69 Å². The van der Waals surface area contributed by atoms with Crippen molar-refractivity contribution in [3.63, 3.8) is 0 Å². The molecule has 2 aromatic rings. The number of nitrogens with zero attached hydrogens (tertiary/aromatic N) is 3. The summed E-state index contributed by atoms with van der Waals surface area (Å²) < 4.78 is 1.65. The molecular weight excluding hydrogens is 142 g/mol. The SMILES string of the molecule is Nc1cnn(-c2cn[nH]c2)c1. The number of rotatable bonds is 1. The summed E-state index contributed by atoms with van der Waals surface area (Å²) >= 11 is 0. The van der Waals surface area contributed by atoms with E-state index in [9.17, 15) is 0 Å². The first-order chi connectivity index (χ1) is 5.36. The summed E-state index contributed by atoms with van der Waals surface area (Å²) in [4.78, 5) is 0. The van der Waals surface area contributed by atoms with Crippen molar-refractivity contribution in [2.75, 3.05) is 5.73 Å². The Kier molecular flexibility index (Phi) is 1.15. The molecule has 0 spiro atoms. The van der Waals surface area contributed by atoms with Crippen molar-refractivity contribution in [1.82, 2.24) is 20.0 Å². The van der Waals surface area contributed by atoms with Crippen LogP contribution >= 0.6 is 0 Å². The molecule has 2 rings (SSSR count). The normalized spacial score (nSPS) is 10.2. The first-order valence-corrected chi connectivity index (χ1v) is 3.15. The lowest BCUT2D eigenvalue weighted by atomic mass is 10.5. The second-order valence-electron chi connectivity index (χ2n) is 2.17. The zero-order valence-electron chi connectivity index (χ0n) is 5.73. The summed E-state index contributed by atoms with van der Waals surface area (Å²) in [5, 5.41) is 10.5. The first-order valence-electron chi connectivity index (χ1n) is 3.15. The number of anilines is 1. The summed E-state index contributed by atoms with van der Waals surface area (Å²) in [6.07, 6.45) is 6.73. The molecule has 5 nitrogen and oxygen atoms in total. The van der Waals surface area contributed by atoms with Gasteiger partial charge in [-0.3, -0.25) is 5.10 Å². The third kappa shape index (κ3) is 0.958. The van der Waals surface area contributed by atoms with Crippen LogP contribution in [0.25, 0.3) is 5.69 Å². The van der Waals surface area contributed by atoms with Crippen molar-refractivity contribution in [1.29, 1.82) is 0 Å². The minimum atomic E-state index is 0.645. The Balaban J connectivity index is 2.45. The van der Waals surface area contributed by atoms with Gasteiger partial charge in [0.05, 0.1) is 24.3 Å². The van der Waals surface area contributed by atoms with E-state index in [0.717, 1.165) is 5.69 Å². The quantitative estimate of drug-likeness (QED) is 0.607. The van der Waals surface area contributed by atoms with Crippen LogP contribution < -0.4 is 5.73 Å². The van der Waals surface area contributed by atoms with E-state index in [-0.39, 0.29) is 0 Å². The zero-order chi connectivity index (χ0) is 7.68. The number of nitrogen functional groups attached to an aromatic ring is 1. The lowest BCUT2D eigenvalue weighted by Crippen LogP contribution is -1.90. The predicted molar refractivity (Wildman–Crippen MR) is 40.1 cm³/mol. The average molecular weight is 149 g/mol. The van der Waals surface area contributed by atoms with Gasteiger partial charge in [0.1, 0.15) is 5.69 Å². The Labute approximate surface area is 62.8 Å². The molecule has 0 saturated heterocycles. The molecule has 0 aliphatic carbocycles. The Morgan fingerprint density at radius 2 is 2.36 bits per heavy atom. The van der Waals surface area contributed by atoms with E-state index < -0.39 is 0 Å². The fourth-order valence-corrected chi connectivity index (χ4v) is 0.847. The van der Waals surface area contributed by atoms with Crippen molar-refractivity contribution < 1.29 is 0 Å². The molecule has 0 bridgehead atoms. The molecule has 0 atom stereocenters. The van der Waals surface area contributed by atoms with E-state index in [1.165, 1.54) is 0 Å². The van der Waals surface area contributed by atoms with E-state index in [2.05, 4.69) is 15.3 Å². The third-order valence-electron chi connectivity index (χ3n) is 1.35. The van der Waals surface area contributed by atoms with E-state index in [1.807, 2.05) is 0 Å². The van der Waals surface area contributed by atoms with E-state index >= 15 is 0 Å². The number of aromatic amines is 1. The van der Waals surface area contributed by atoms with Gasteiger partial charge in [-0.1, -0.05) is 0 Å². The Hall–Kier alpha value is -1.78. The van der Waals surface area contributed by atoms with Crippen LogP contribution in [0.3, 0.4) is 0 Å². The molecule has 56 valence electrons. The van der Waals surface area contributed by atoms with Crippen molar-refractivity contribution in [2.45, 2.75) is 0 Å². The summed E-state index contributed by atoms with van der Waals surface area (Å²) in [5.41, 5.74) is 6.99. The monoisotopic (exact) mass is 149 g/mol. The Morgan fingerprint density at radius 3 is 2.91 bits per heavy atom. The number of aromatic nitrogens is 4. The number of H-pyrrole nitrogens is 1. The number of hydrogen-bond acceptors (Lipinski definition) is 3. The summed E-state index contributed by atoms with van der Waals surface area (Å²) in [6.45, 7) is 0. The molecule has 0 fully saturated rings. The van der Waals surface area contributed by atoms with E-state index in [4.69, 9.17) is 5.73 Å². The maximum Gasteiger partial charge on any atom is 0.102 e. The molecule has 3 N–H and O–H groups in total. The second kappa shape index (κ2) is 2.12. The smallest absolute Gasteiger partial charge is 0.102 e. The molecule has 5 heteroatoms. The van der Waals surface area contributed by atoms with Gasteiger partial charge in [-0.25, -0.2) is 4.68 Å². The molecule has 2 heterocycles. The van der Waals surface area contributed by atoms with Gasteiger partial charge in [0.25, 0.3) is 0 Å². The summed E-state index contributed by atoms with van der Waals surface area (Å²) in [7, 11) is 0. The fraction of sp³-hybridized carbons (Fsp3) is 0. The first kappa shape index (κ1) is 5.96. The van der Waals surface area contributed by atoms with Gasteiger partial charge in [-0.15, -0.1) is 0 Å². The third-order valence-corrected chi connectivity index (χ3v) is 1.35. The molecule has 0 amide bonds. The predicted octanol–water partition coefficient (Wildman–Crippen LogP) is 0.178. The summed E-state index contributed by atoms with van der Waals surface area (Å²) in [5.74, 6) is 0. The molecule has 0 saturated carbocycles. The molecule has 0 aliphatic heterocycles. The maximum absolute atomic E-state index is 5.47. The van der Waals surface area contributed by atoms with Crippen molar-refractivity contribution in [2.24, 2.45) is 0 Å². The van der Waals surface area contributed by atoms with Gasteiger partial charge in [0, 0.05) is 6.20 Å². The van der Waals surface area contributed by atoms with E-state index in [0.29, 0.717) is 5.69 Å². The van der Waals surface area contributed by atoms with Gasteiger partial charge in [-0.05, 0) is 0 Å². The van der Waals surface area contributed by atoms with E-state index in [1.54, 1.807) is 29.5 Å². The summed E-state index contributed by atoms with van der Waals surface area (Å²) in [6, 6.07) is 0. The van der Waals surface area contributed by atoms with Gasteiger partial charge in [0.15, 0.2) is 0 Å². The van der Waals surface area contributed by atoms with Crippen LogP contribution in [0, 0.1) is 0 Å². The fourth-order valence-electron chi connectivity index (χ4n) is 0.847. The zero-order valence-corrected chi connectivity index (χ0v) is 5.73. The topological polar surface area (TPSA) is 72.5 Å². The minimum absolute atomic E-state index is 0.645.